The van der Waals surface area contributed by atoms with Gasteiger partial charge in [0.05, 0.1) is 5.75 Å². The number of carbonyl (C=O) groups is 2. The van der Waals surface area contributed by atoms with Gasteiger partial charge in [0, 0.05) is 12.1 Å². The molecule has 0 aliphatic heterocycles. The standard InChI is InChI=1S/C19H26N4O3S/c1-6-20-16(25)12(2)21-15(24)11-27-18-23-22-17(26-18)13-7-9-14(10-8-13)19(3,4)5/h7-10,12H,6,11H2,1-5H3,(H,20,25)(H,21,24)/t12-/m1/s1. The second-order valence-corrected chi connectivity index (χ2v) is 8.10. The first-order valence-corrected chi connectivity index (χ1v) is 9.83. The summed E-state index contributed by atoms with van der Waals surface area (Å²) in [5.74, 6) is 0.0191. The molecule has 1 aromatic heterocycles. The highest BCUT2D eigenvalue weighted by Gasteiger charge is 2.17. The van der Waals surface area contributed by atoms with Gasteiger partial charge in [-0.15, -0.1) is 10.2 Å². The minimum atomic E-state index is -0.586. The molecular weight excluding hydrogens is 364 g/mol. The van der Waals surface area contributed by atoms with Crippen LogP contribution >= 0.6 is 11.8 Å². The van der Waals surface area contributed by atoms with Crippen LogP contribution in [0, 0.1) is 0 Å². The largest absolute Gasteiger partial charge is 0.411 e. The molecule has 0 saturated carbocycles. The molecule has 1 atom stereocenters. The van der Waals surface area contributed by atoms with Crippen LogP contribution in [0.2, 0.25) is 0 Å². The Bertz CT molecular complexity index is 781. The summed E-state index contributed by atoms with van der Waals surface area (Å²) in [6.07, 6.45) is 0. The second kappa shape index (κ2) is 9.03. The molecule has 0 fully saturated rings. The van der Waals surface area contributed by atoms with E-state index in [0.29, 0.717) is 17.7 Å². The van der Waals surface area contributed by atoms with Crippen LogP contribution in [0.4, 0.5) is 0 Å². The third-order valence-corrected chi connectivity index (χ3v) is 4.67. The fraction of sp³-hybridized carbons (Fsp3) is 0.474. The van der Waals surface area contributed by atoms with Crippen molar-refractivity contribution in [2.75, 3.05) is 12.3 Å². The molecule has 0 aliphatic carbocycles. The summed E-state index contributed by atoms with van der Waals surface area (Å²) >= 11 is 1.13. The average molecular weight is 391 g/mol. The van der Waals surface area contributed by atoms with E-state index in [1.807, 2.05) is 31.2 Å². The number of carbonyl (C=O) groups excluding carboxylic acids is 2. The first kappa shape index (κ1) is 21.0. The number of likely N-dealkylation sites (N-methyl/N-ethyl adjacent to an activating group) is 1. The lowest BCUT2D eigenvalue weighted by Crippen LogP contribution is -2.45. The van der Waals surface area contributed by atoms with Crippen LogP contribution in [0.5, 0.6) is 0 Å². The molecule has 0 aliphatic rings. The van der Waals surface area contributed by atoms with E-state index in [9.17, 15) is 9.59 Å². The zero-order chi connectivity index (χ0) is 20.0. The van der Waals surface area contributed by atoms with Crippen molar-refractivity contribution in [3.63, 3.8) is 0 Å². The van der Waals surface area contributed by atoms with Gasteiger partial charge in [-0.3, -0.25) is 9.59 Å². The summed E-state index contributed by atoms with van der Waals surface area (Å²) in [4.78, 5) is 23.6. The number of hydrogen-bond acceptors (Lipinski definition) is 6. The molecule has 1 heterocycles. The summed E-state index contributed by atoms with van der Waals surface area (Å²) < 4.78 is 5.62. The van der Waals surface area contributed by atoms with E-state index < -0.39 is 6.04 Å². The Balaban J connectivity index is 1.90. The molecule has 146 valence electrons. The summed E-state index contributed by atoms with van der Waals surface area (Å²) in [6, 6.07) is 7.40. The van der Waals surface area contributed by atoms with Gasteiger partial charge in [-0.25, -0.2) is 0 Å². The highest BCUT2D eigenvalue weighted by atomic mass is 32.2. The first-order chi connectivity index (χ1) is 12.7. The molecule has 1 aromatic carbocycles. The van der Waals surface area contributed by atoms with Crippen molar-refractivity contribution < 1.29 is 14.0 Å². The van der Waals surface area contributed by atoms with E-state index in [1.165, 1.54) is 5.56 Å². The minimum Gasteiger partial charge on any atom is -0.411 e. The molecule has 2 aromatic rings. The van der Waals surface area contributed by atoms with E-state index in [2.05, 4.69) is 41.6 Å². The number of thioether (sulfide) groups is 1. The Morgan fingerprint density at radius 3 is 2.44 bits per heavy atom. The molecule has 0 saturated heterocycles. The molecule has 0 unspecified atom stereocenters. The molecule has 8 heteroatoms. The molecule has 27 heavy (non-hydrogen) atoms. The quantitative estimate of drug-likeness (QED) is 0.706. The van der Waals surface area contributed by atoms with E-state index in [4.69, 9.17) is 4.42 Å². The number of benzene rings is 1. The highest BCUT2D eigenvalue weighted by Crippen LogP contribution is 2.27. The van der Waals surface area contributed by atoms with E-state index in [0.717, 1.165) is 17.3 Å². The average Bonchev–Trinajstić information content (AvgIpc) is 3.08. The minimum absolute atomic E-state index is 0.0763. The molecule has 0 bridgehead atoms. The maximum absolute atomic E-state index is 11.9. The second-order valence-electron chi connectivity index (χ2n) is 7.17. The van der Waals surface area contributed by atoms with Gasteiger partial charge in [0.1, 0.15) is 6.04 Å². The molecular formula is C19H26N4O3S. The van der Waals surface area contributed by atoms with Gasteiger partial charge in [0.15, 0.2) is 0 Å². The monoisotopic (exact) mass is 390 g/mol. The normalized spacial score (nSPS) is 12.5. The Morgan fingerprint density at radius 1 is 1.19 bits per heavy atom. The predicted molar refractivity (Wildman–Crippen MR) is 105 cm³/mol. The van der Waals surface area contributed by atoms with Gasteiger partial charge >= 0.3 is 0 Å². The highest BCUT2D eigenvalue weighted by molar-refractivity contribution is 7.99. The zero-order valence-electron chi connectivity index (χ0n) is 16.3. The summed E-state index contributed by atoms with van der Waals surface area (Å²) in [7, 11) is 0. The Hall–Kier alpha value is -2.35. The van der Waals surface area contributed by atoms with Crippen LogP contribution in [-0.2, 0) is 15.0 Å². The third kappa shape index (κ3) is 6.09. The van der Waals surface area contributed by atoms with Crippen LogP contribution in [-0.4, -0.2) is 40.4 Å². The molecule has 2 rings (SSSR count). The number of aromatic nitrogens is 2. The van der Waals surface area contributed by atoms with Gasteiger partial charge in [-0.1, -0.05) is 44.7 Å². The lowest BCUT2D eigenvalue weighted by molar-refractivity contribution is -0.127. The van der Waals surface area contributed by atoms with Crippen LogP contribution in [0.3, 0.4) is 0 Å². The molecule has 0 radical (unpaired) electrons. The van der Waals surface area contributed by atoms with Crippen LogP contribution in [0.1, 0.15) is 40.2 Å². The molecule has 2 N–H and O–H groups in total. The first-order valence-electron chi connectivity index (χ1n) is 8.85. The van der Waals surface area contributed by atoms with E-state index in [-0.39, 0.29) is 23.0 Å². The molecule has 0 spiro atoms. The van der Waals surface area contributed by atoms with Gasteiger partial charge in [-0.2, -0.15) is 0 Å². The van der Waals surface area contributed by atoms with Gasteiger partial charge < -0.3 is 15.1 Å². The Kier molecular flexibility index (Phi) is 7.01. The van der Waals surface area contributed by atoms with Crippen molar-refractivity contribution >= 4 is 23.6 Å². The van der Waals surface area contributed by atoms with Crippen molar-refractivity contribution in [3.8, 4) is 11.5 Å². The Morgan fingerprint density at radius 2 is 1.85 bits per heavy atom. The fourth-order valence-corrected chi connectivity index (χ4v) is 2.88. The zero-order valence-corrected chi connectivity index (χ0v) is 17.1. The maximum Gasteiger partial charge on any atom is 0.277 e. The molecule has 2 amide bonds. The third-order valence-electron chi connectivity index (χ3n) is 3.85. The fourth-order valence-electron chi connectivity index (χ4n) is 2.30. The maximum atomic E-state index is 11.9. The van der Waals surface area contributed by atoms with E-state index >= 15 is 0 Å². The molecule has 7 nitrogen and oxygen atoms in total. The van der Waals surface area contributed by atoms with Gasteiger partial charge in [0.25, 0.3) is 5.22 Å². The van der Waals surface area contributed by atoms with Crippen LogP contribution < -0.4 is 10.6 Å². The number of nitrogens with zero attached hydrogens (tertiary/aromatic N) is 2. The van der Waals surface area contributed by atoms with Crippen molar-refractivity contribution in [2.24, 2.45) is 0 Å². The summed E-state index contributed by atoms with van der Waals surface area (Å²) in [6.45, 7) is 10.4. The SMILES string of the molecule is CCNC(=O)[C@@H](C)NC(=O)CSc1nnc(-c2ccc(C(C)(C)C)cc2)o1. The van der Waals surface area contributed by atoms with Crippen molar-refractivity contribution in [3.05, 3.63) is 29.8 Å². The lowest BCUT2D eigenvalue weighted by Gasteiger charge is -2.18. The van der Waals surface area contributed by atoms with E-state index in [1.54, 1.807) is 6.92 Å². The van der Waals surface area contributed by atoms with Crippen molar-refractivity contribution in [2.45, 2.75) is 51.3 Å². The number of rotatable bonds is 7. The van der Waals surface area contributed by atoms with Crippen LogP contribution in [0.15, 0.2) is 33.9 Å². The summed E-state index contributed by atoms with van der Waals surface area (Å²) in [5.41, 5.74) is 2.13. The lowest BCUT2D eigenvalue weighted by atomic mass is 9.87. The topological polar surface area (TPSA) is 97.1 Å². The summed E-state index contributed by atoms with van der Waals surface area (Å²) in [5, 5.41) is 13.6. The number of nitrogens with one attached hydrogen (secondary N) is 2. The number of hydrogen-bond donors (Lipinski definition) is 2. The van der Waals surface area contributed by atoms with Gasteiger partial charge in [-0.05, 0) is 37.0 Å². The van der Waals surface area contributed by atoms with Gasteiger partial charge in [0.2, 0.25) is 17.7 Å². The van der Waals surface area contributed by atoms with Crippen molar-refractivity contribution in [1.29, 1.82) is 0 Å². The van der Waals surface area contributed by atoms with Crippen LogP contribution in [0.25, 0.3) is 11.5 Å². The van der Waals surface area contributed by atoms with Crippen molar-refractivity contribution in [1.82, 2.24) is 20.8 Å². The number of amides is 2. The predicted octanol–water partition coefficient (Wildman–Crippen LogP) is 2.77. The smallest absolute Gasteiger partial charge is 0.277 e. The Labute approximate surface area is 163 Å².